The predicted molar refractivity (Wildman–Crippen MR) is 126 cm³/mol. The molecule has 0 aliphatic carbocycles. The summed E-state index contributed by atoms with van der Waals surface area (Å²) in [5, 5.41) is 9.04. The van der Waals surface area contributed by atoms with Crippen molar-refractivity contribution in [1.82, 2.24) is 15.5 Å². The van der Waals surface area contributed by atoms with Gasteiger partial charge in [-0.3, -0.25) is 9.89 Å². The average Bonchev–Trinajstić information content (AvgIpc) is 3.37. The van der Waals surface area contributed by atoms with Crippen LogP contribution in [0.4, 0.5) is 0 Å². The molecule has 2 N–H and O–H groups in total. The Hall–Kier alpha value is -1.10. The second-order valence-electron chi connectivity index (χ2n) is 6.86. The summed E-state index contributed by atoms with van der Waals surface area (Å²) < 4.78 is 11.4. The Morgan fingerprint density at radius 1 is 1.21 bits per heavy atom. The number of aryl methyl sites for hydroxylation is 1. The van der Waals surface area contributed by atoms with Gasteiger partial charge in [0, 0.05) is 44.0 Å². The van der Waals surface area contributed by atoms with Crippen LogP contribution in [0.25, 0.3) is 0 Å². The van der Waals surface area contributed by atoms with E-state index in [0.717, 1.165) is 56.9 Å². The third-order valence-electron chi connectivity index (χ3n) is 4.87. The van der Waals surface area contributed by atoms with Crippen molar-refractivity contribution in [3.63, 3.8) is 0 Å². The SMILES string of the molecule is CN=C(NCC(C)c1cccs1)NCC(c1ccc(C)o1)N1CCOCC1.I. The van der Waals surface area contributed by atoms with Crippen LogP contribution in [0.1, 0.15) is 35.3 Å². The van der Waals surface area contributed by atoms with Crippen molar-refractivity contribution in [3.8, 4) is 0 Å². The lowest BCUT2D eigenvalue weighted by atomic mass is 10.1. The summed E-state index contributed by atoms with van der Waals surface area (Å²) in [7, 11) is 1.81. The largest absolute Gasteiger partial charge is 0.465 e. The molecule has 2 unspecified atom stereocenters. The molecule has 3 heterocycles. The molecule has 6 nitrogen and oxygen atoms in total. The molecule has 0 saturated carbocycles. The summed E-state index contributed by atoms with van der Waals surface area (Å²) >= 11 is 1.80. The first-order valence-corrected chi connectivity index (χ1v) is 10.4. The van der Waals surface area contributed by atoms with Gasteiger partial charge in [-0.15, -0.1) is 35.3 Å². The van der Waals surface area contributed by atoms with E-state index in [-0.39, 0.29) is 30.0 Å². The minimum Gasteiger partial charge on any atom is -0.465 e. The average molecular weight is 518 g/mol. The Balaban J connectivity index is 0.00000280. The number of thiophene rings is 1. The standard InChI is InChI=1S/C20H30N4O2S.HI/c1-15(19-5-4-12-27-19)13-22-20(21-3)23-14-17(18-7-6-16(2)26-18)24-8-10-25-11-9-24;/h4-7,12,15,17H,8-11,13-14H2,1-3H3,(H2,21,22,23);1H. The maximum Gasteiger partial charge on any atom is 0.191 e. The van der Waals surface area contributed by atoms with Crippen LogP contribution in [-0.2, 0) is 4.74 Å². The zero-order valence-corrected chi connectivity index (χ0v) is 20.0. The molecule has 0 bridgehead atoms. The van der Waals surface area contributed by atoms with Crippen molar-refractivity contribution in [1.29, 1.82) is 0 Å². The number of furan rings is 1. The van der Waals surface area contributed by atoms with Gasteiger partial charge in [0.25, 0.3) is 0 Å². The van der Waals surface area contributed by atoms with Gasteiger partial charge in [0.1, 0.15) is 11.5 Å². The minimum absolute atomic E-state index is 0. The van der Waals surface area contributed by atoms with Gasteiger partial charge in [-0.1, -0.05) is 13.0 Å². The lowest BCUT2D eigenvalue weighted by Gasteiger charge is -2.33. The van der Waals surface area contributed by atoms with Crippen molar-refractivity contribution < 1.29 is 9.15 Å². The molecule has 1 fully saturated rings. The summed E-state index contributed by atoms with van der Waals surface area (Å²) in [6, 6.07) is 8.55. The van der Waals surface area contributed by atoms with E-state index < -0.39 is 0 Å². The van der Waals surface area contributed by atoms with E-state index >= 15 is 0 Å². The maximum absolute atomic E-state index is 5.93. The van der Waals surface area contributed by atoms with Crippen LogP contribution in [0.2, 0.25) is 0 Å². The fourth-order valence-electron chi connectivity index (χ4n) is 3.27. The van der Waals surface area contributed by atoms with E-state index in [4.69, 9.17) is 9.15 Å². The van der Waals surface area contributed by atoms with Crippen LogP contribution in [-0.4, -0.2) is 57.3 Å². The fraction of sp³-hybridized carbons (Fsp3) is 0.550. The highest BCUT2D eigenvalue weighted by Gasteiger charge is 2.25. The predicted octanol–water partition coefficient (Wildman–Crippen LogP) is 3.61. The molecule has 2 aromatic rings. The van der Waals surface area contributed by atoms with Gasteiger partial charge in [-0.05, 0) is 30.5 Å². The molecule has 2 aromatic heterocycles. The lowest BCUT2D eigenvalue weighted by molar-refractivity contribution is 0.0124. The van der Waals surface area contributed by atoms with Crippen LogP contribution >= 0.6 is 35.3 Å². The number of hydrogen-bond acceptors (Lipinski definition) is 5. The lowest BCUT2D eigenvalue weighted by Crippen LogP contribution is -2.46. The molecule has 28 heavy (non-hydrogen) atoms. The van der Waals surface area contributed by atoms with Crippen molar-refractivity contribution in [2.75, 3.05) is 46.4 Å². The number of nitrogens with zero attached hydrogens (tertiary/aromatic N) is 2. The summed E-state index contributed by atoms with van der Waals surface area (Å²) in [6.45, 7) is 9.15. The number of aliphatic imine (C=N–C) groups is 1. The van der Waals surface area contributed by atoms with Crippen molar-refractivity contribution in [2.45, 2.75) is 25.8 Å². The summed E-state index contributed by atoms with van der Waals surface area (Å²) in [6.07, 6.45) is 0. The molecule has 8 heteroatoms. The Morgan fingerprint density at radius 2 is 1.96 bits per heavy atom. The summed E-state index contributed by atoms with van der Waals surface area (Å²) in [5.74, 6) is 3.20. The fourth-order valence-corrected chi connectivity index (χ4v) is 4.05. The van der Waals surface area contributed by atoms with Crippen molar-refractivity contribution in [3.05, 3.63) is 46.0 Å². The van der Waals surface area contributed by atoms with Crippen LogP contribution in [0, 0.1) is 6.92 Å². The first-order chi connectivity index (χ1) is 13.2. The quantitative estimate of drug-likeness (QED) is 0.333. The van der Waals surface area contributed by atoms with Gasteiger partial charge in [-0.25, -0.2) is 0 Å². The topological polar surface area (TPSA) is 62.0 Å². The molecule has 1 aliphatic heterocycles. The number of ether oxygens (including phenoxy) is 1. The Bertz CT molecular complexity index is 714. The molecular formula is C20H31IN4O2S. The number of guanidine groups is 1. The second-order valence-corrected chi connectivity index (χ2v) is 7.84. The zero-order chi connectivity index (χ0) is 19.1. The molecule has 0 aromatic carbocycles. The second kappa shape index (κ2) is 11.8. The molecular weight excluding hydrogens is 487 g/mol. The van der Waals surface area contributed by atoms with Crippen LogP contribution in [0.3, 0.4) is 0 Å². The zero-order valence-electron chi connectivity index (χ0n) is 16.8. The molecule has 3 rings (SSSR count). The molecule has 0 radical (unpaired) electrons. The van der Waals surface area contributed by atoms with Crippen LogP contribution < -0.4 is 10.6 Å². The number of halogens is 1. The van der Waals surface area contributed by atoms with Gasteiger partial charge >= 0.3 is 0 Å². The Morgan fingerprint density at radius 3 is 2.57 bits per heavy atom. The van der Waals surface area contributed by atoms with Crippen LogP contribution in [0.5, 0.6) is 0 Å². The normalized spacial score (nSPS) is 17.6. The molecule has 1 aliphatic rings. The summed E-state index contributed by atoms with van der Waals surface area (Å²) in [5.41, 5.74) is 0. The molecule has 2 atom stereocenters. The number of nitrogens with one attached hydrogen (secondary N) is 2. The highest BCUT2D eigenvalue weighted by molar-refractivity contribution is 14.0. The van der Waals surface area contributed by atoms with Gasteiger partial charge in [0.15, 0.2) is 5.96 Å². The molecule has 0 amide bonds. The van der Waals surface area contributed by atoms with Gasteiger partial charge in [0.05, 0.1) is 19.3 Å². The highest BCUT2D eigenvalue weighted by Crippen LogP contribution is 2.23. The van der Waals surface area contributed by atoms with E-state index in [9.17, 15) is 0 Å². The molecule has 0 spiro atoms. The Labute approximate surface area is 188 Å². The molecule has 1 saturated heterocycles. The summed E-state index contributed by atoms with van der Waals surface area (Å²) in [4.78, 5) is 8.18. The minimum atomic E-state index is 0. The third kappa shape index (κ3) is 6.47. The number of morpholine rings is 1. The van der Waals surface area contributed by atoms with E-state index in [1.807, 2.05) is 20.0 Å². The van der Waals surface area contributed by atoms with E-state index in [2.05, 4.69) is 51.0 Å². The van der Waals surface area contributed by atoms with Gasteiger partial charge < -0.3 is 19.8 Å². The van der Waals surface area contributed by atoms with E-state index in [1.54, 1.807) is 11.3 Å². The first-order valence-electron chi connectivity index (χ1n) is 9.53. The highest BCUT2D eigenvalue weighted by atomic mass is 127. The maximum atomic E-state index is 5.93. The molecule has 156 valence electrons. The van der Waals surface area contributed by atoms with E-state index in [1.165, 1.54) is 4.88 Å². The van der Waals surface area contributed by atoms with Gasteiger partial charge in [-0.2, -0.15) is 0 Å². The first kappa shape index (κ1) is 23.2. The third-order valence-corrected chi connectivity index (χ3v) is 5.97. The van der Waals surface area contributed by atoms with Crippen molar-refractivity contribution >= 4 is 41.3 Å². The monoisotopic (exact) mass is 518 g/mol. The smallest absolute Gasteiger partial charge is 0.191 e. The van der Waals surface area contributed by atoms with Gasteiger partial charge in [0.2, 0.25) is 0 Å². The van der Waals surface area contributed by atoms with Crippen LogP contribution in [0.15, 0.2) is 39.1 Å². The number of rotatable bonds is 7. The van der Waals surface area contributed by atoms with Crippen molar-refractivity contribution in [2.24, 2.45) is 4.99 Å². The van der Waals surface area contributed by atoms with E-state index in [0.29, 0.717) is 5.92 Å². The number of hydrogen-bond donors (Lipinski definition) is 2. The Kier molecular flexibility index (Phi) is 9.76.